The van der Waals surface area contributed by atoms with Crippen LogP contribution in [0.15, 0.2) is 36.5 Å². The summed E-state index contributed by atoms with van der Waals surface area (Å²) in [7, 11) is 0. The van der Waals surface area contributed by atoms with Gasteiger partial charge in [-0.15, -0.1) is 0 Å². The first-order valence-electron chi connectivity index (χ1n) is 6.53. The van der Waals surface area contributed by atoms with E-state index < -0.39 is 17.0 Å². The van der Waals surface area contributed by atoms with Crippen LogP contribution in [0.5, 0.6) is 0 Å². The number of aromatic amines is 1. The van der Waals surface area contributed by atoms with Gasteiger partial charge in [0.1, 0.15) is 11.8 Å². The second-order valence-corrected chi connectivity index (χ2v) is 4.76. The Labute approximate surface area is 126 Å². The minimum atomic E-state index is -0.656. The highest BCUT2D eigenvalue weighted by Gasteiger charge is 2.18. The molecule has 0 spiro atoms. The molecule has 1 N–H and O–H groups in total. The molecule has 0 bridgehead atoms. The van der Waals surface area contributed by atoms with E-state index in [1.807, 2.05) is 0 Å². The molecule has 0 amide bonds. The molecular formula is C15H14N2O5. The topological polar surface area (TPSA) is 102 Å². The van der Waals surface area contributed by atoms with Crippen LogP contribution in [0.25, 0.3) is 0 Å². The Morgan fingerprint density at radius 1 is 1.32 bits per heavy atom. The van der Waals surface area contributed by atoms with Gasteiger partial charge >= 0.3 is 5.97 Å². The minimum Gasteiger partial charge on any atom is -0.453 e. The summed E-state index contributed by atoms with van der Waals surface area (Å²) in [5.41, 5.74) is 0.984. The van der Waals surface area contributed by atoms with Crippen LogP contribution in [-0.2, 0) is 4.74 Å². The van der Waals surface area contributed by atoms with Gasteiger partial charge in [-0.25, -0.2) is 4.79 Å². The van der Waals surface area contributed by atoms with Crippen LogP contribution >= 0.6 is 0 Å². The van der Waals surface area contributed by atoms with Gasteiger partial charge in [-0.2, -0.15) is 0 Å². The number of non-ortho nitro benzene ring substituents is 1. The number of benzene rings is 1. The van der Waals surface area contributed by atoms with Gasteiger partial charge in [0.25, 0.3) is 5.69 Å². The third-order valence-corrected chi connectivity index (χ3v) is 3.14. The summed E-state index contributed by atoms with van der Waals surface area (Å²) in [5.74, 6) is -0.798. The highest BCUT2D eigenvalue weighted by Crippen LogP contribution is 2.22. The Balaban J connectivity index is 2.12. The largest absolute Gasteiger partial charge is 0.453 e. The van der Waals surface area contributed by atoms with Gasteiger partial charge in [-0.1, -0.05) is 12.1 Å². The second kappa shape index (κ2) is 6.21. The van der Waals surface area contributed by atoms with E-state index in [1.165, 1.54) is 37.4 Å². The van der Waals surface area contributed by atoms with Crippen molar-refractivity contribution in [1.82, 2.24) is 4.98 Å². The van der Waals surface area contributed by atoms with Gasteiger partial charge in [0.15, 0.2) is 5.78 Å². The van der Waals surface area contributed by atoms with Gasteiger partial charge in [0, 0.05) is 23.9 Å². The van der Waals surface area contributed by atoms with E-state index >= 15 is 0 Å². The normalized spacial score (nSPS) is 11.7. The number of Topliss-reactive ketones (excluding diaryl/α,β-unsaturated/α-hetero) is 1. The Morgan fingerprint density at radius 2 is 2.05 bits per heavy atom. The number of nitrogens with one attached hydrogen (secondary N) is 1. The Kier molecular flexibility index (Phi) is 4.36. The standard InChI is InChI=1S/C15H14N2O5/c1-9(18)12-7-14(16-8-12)15(19)22-10(2)11-4-3-5-13(6-11)17(20)21/h3-8,10,16H,1-2H3/t10-/m0/s1. The van der Waals surface area contributed by atoms with Gasteiger partial charge in [0.2, 0.25) is 0 Å². The summed E-state index contributed by atoms with van der Waals surface area (Å²) in [6, 6.07) is 7.29. The molecule has 0 aliphatic rings. The number of nitrogens with zero attached hydrogens (tertiary/aromatic N) is 1. The first-order valence-corrected chi connectivity index (χ1v) is 6.53. The van der Waals surface area contributed by atoms with E-state index in [0.29, 0.717) is 11.1 Å². The van der Waals surface area contributed by atoms with Crippen LogP contribution < -0.4 is 0 Å². The van der Waals surface area contributed by atoms with Gasteiger partial charge in [-0.3, -0.25) is 14.9 Å². The lowest BCUT2D eigenvalue weighted by Gasteiger charge is -2.12. The fraction of sp³-hybridized carbons (Fsp3) is 0.200. The molecule has 1 aromatic carbocycles. The predicted octanol–water partition coefficient (Wildman–Crippen LogP) is 3.04. The van der Waals surface area contributed by atoms with E-state index in [4.69, 9.17) is 4.74 Å². The average Bonchev–Trinajstić information content (AvgIpc) is 2.97. The molecule has 2 aromatic rings. The zero-order valence-corrected chi connectivity index (χ0v) is 12.0. The molecule has 0 saturated heterocycles. The van der Waals surface area contributed by atoms with Crippen molar-refractivity contribution in [3.05, 3.63) is 63.5 Å². The molecule has 0 unspecified atom stereocenters. The molecule has 7 heteroatoms. The molecule has 114 valence electrons. The molecule has 2 rings (SSSR count). The monoisotopic (exact) mass is 302 g/mol. The maximum absolute atomic E-state index is 12.0. The second-order valence-electron chi connectivity index (χ2n) is 4.76. The van der Waals surface area contributed by atoms with Crippen molar-refractivity contribution in [1.29, 1.82) is 0 Å². The third kappa shape index (κ3) is 3.38. The van der Waals surface area contributed by atoms with Crippen molar-refractivity contribution in [3.63, 3.8) is 0 Å². The highest BCUT2D eigenvalue weighted by molar-refractivity contribution is 5.97. The van der Waals surface area contributed by atoms with Crippen molar-refractivity contribution in [3.8, 4) is 0 Å². The van der Waals surface area contributed by atoms with Gasteiger partial charge < -0.3 is 9.72 Å². The molecule has 0 aliphatic carbocycles. The van der Waals surface area contributed by atoms with Crippen molar-refractivity contribution in [2.45, 2.75) is 20.0 Å². The number of ether oxygens (including phenoxy) is 1. The van der Waals surface area contributed by atoms with Crippen molar-refractivity contribution in [2.75, 3.05) is 0 Å². The zero-order valence-electron chi connectivity index (χ0n) is 12.0. The van der Waals surface area contributed by atoms with Crippen molar-refractivity contribution in [2.24, 2.45) is 0 Å². The van der Waals surface area contributed by atoms with Crippen LogP contribution in [0.3, 0.4) is 0 Å². The molecule has 0 aliphatic heterocycles. The van der Waals surface area contributed by atoms with Crippen LogP contribution in [0, 0.1) is 10.1 Å². The summed E-state index contributed by atoms with van der Waals surface area (Å²) in [6.07, 6.45) is 0.771. The van der Waals surface area contributed by atoms with Crippen LogP contribution in [0.2, 0.25) is 0 Å². The first kappa shape index (κ1) is 15.4. The van der Waals surface area contributed by atoms with Crippen LogP contribution in [-0.4, -0.2) is 21.7 Å². The number of nitro benzene ring substituents is 1. The molecule has 0 saturated carbocycles. The maximum atomic E-state index is 12.0. The molecular weight excluding hydrogens is 288 g/mol. The van der Waals surface area contributed by atoms with E-state index in [9.17, 15) is 19.7 Å². The number of H-pyrrole nitrogens is 1. The highest BCUT2D eigenvalue weighted by atomic mass is 16.6. The minimum absolute atomic E-state index is 0.0702. The summed E-state index contributed by atoms with van der Waals surface area (Å²) >= 11 is 0. The fourth-order valence-corrected chi connectivity index (χ4v) is 1.90. The van der Waals surface area contributed by atoms with E-state index in [1.54, 1.807) is 13.0 Å². The van der Waals surface area contributed by atoms with E-state index in [2.05, 4.69) is 4.98 Å². The lowest BCUT2D eigenvalue weighted by Crippen LogP contribution is -2.09. The zero-order chi connectivity index (χ0) is 16.3. The number of carbonyl (C=O) groups is 2. The first-order chi connectivity index (χ1) is 10.4. The Hall–Kier alpha value is -2.96. The number of hydrogen-bond acceptors (Lipinski definition) is 5. The third-order valence-electron chi connectivity index (χ3n) is 3.14. The summed E-state index contributed by atoms with van der Waals surface area (Å²) in [6.45, 7) is 3.01. The predicted molar refractivity (Wildman–Crippen MR) is 77.7 cm³/mol. The fourth-order valence-electron chi connectivity index (χ4n) is 1.90. The maximum Gasteiger partial charge on any atom is 0.355 e. The number of aromatic nitrogens is 1. The van der Waals surface area contributed by atoms with Crippen molar-refractivity contribution < 1.29 is 19.2 Å². The molecule has 1 atom stereocenters. The molecule has 1 aromatic heterocycles. The molecule has 7 nitrogen and oxygen atoms in total. The SMILES string of the molecule is CC(=O)c1c[nH]c(C(=O)O[C@@H](C)c2cccc([N+](=O)[O-])c2)c1. The number of esters is 1. The Morgan fingerprint density at radius 3 is 2.64 bits per heavy atom. The molecule has 22 heavy (non-hydrogen) atoms. The van der Waals surface area contributed by atoms with E-state index in [-0.39, 0.29) is 17.2 Å². The number of hydrogen-bond donors (Lipinski definition) is 1. The van der Waals surface area contributed by atoms with Crippen LogP contribution in [0.4, 0.5) is 5.69 Å². The summed E-state index contributed by atoms with van der Waals surface area (Å²) < 4.78 is 5.25. The smallest absolute Gasteiger partial charge is 0.355 e. The summed E-state index contributed by atoms with van der Waals surface area (Å²) in [4.78, 5) is 36.1. The van der Waals surface area contributed by atoms with Crippen molar-refractivity contribution >= 4 is 17.4 Å². The molecule has 0 fully saturated rings. The lowest BCUT2D eigenvalue weighted by atomic mass is 10.1. The number of carbonyl (C=O) groups excluding carboxylic acids is 2. The number of nitro groups is 1. The van der Waals surface area contributed by atoms with Gasteiger partial charge in [-0.05, 0) is 25.5 Å². The average molecular weight is 302 g/mol. The van der Waals surface area contributed by atoms with E-state index in [0.717, 1.165) is 0 Å². The molecule has 0 radical (unpaired) electrons. The van der Waals surface area contributed by atoms with Crippen LogP contribution in [0.1, 0.15) is 46.4 Å². The number of ketones is 1. The quantitative estimate of drug-likeness (QED) is 0.396. The number of rotatable bonds is 5. The van der Waals surface area contributed by atoms with Gasteiger partial charge in [0.05, 0.1) is 4.92 Å². The summed E-state index contributed by atoms with van der Waals surface area (Å²) in [5, 5.41) is 10.7. The Bertz CT molecular complexity index is 735. The molecule has 1 heterocycles. The lowest BCUT2D eigenvalue weighted by molar-refractivity contribution is -0.385.